The zero-order chi connectivity index (χ0) is 15.8. The van der Waals surface area contributed by atoms with E-state index in [9.17, 15) is 9.59 Å². The SMILES string of the molecule is COC(=O)C(CC(C)C)NCC(=O)Nc1ccc(Cl)cc1. The summed E-state index contributed by atoms with van der Waals surface area (Å²) in [7, 11) is 1.34. The minimum atomic E-state index is -0.481. The van der Waals surface area contributed by atoms with Crippen LogP contribution in [0.2, 0.25) is 5.02 Å². The molecular formula is C15H21ClN2O3. The van der Waals surface area contributed by atoms with Crippen LogP contribution < -0.4 is 10.6 Å². The third-order valence-corrected chi connectivity index (χ3v) is 3.08. The summed E-state index contributed by atoms with van der Waals surface area (Å²) in [6, 6.07) is 6.34. The van der Waals surface area contributed by atoms with Crippen molar-refractivity contribution in [3.63, 3.8) is 0 Å². The standard InChI is InChI=1S/C15H21ClN2O3/c1-10(2)8-13(15(20)21-3)17-9-14(19)18-12-6-4-11(16)5-7-12/h4-7,10,13,17H,8-9H2,1-3H3,(H,18,19). The van der Waals surface area contributed by atoms with Gasteiger partial charge in [-0.3, -0.25) is 14.9 Å². The minimum absolute atomic E-state index is 0.0368. The Morgan fingerprint density at radius 1 is 1.24 bits per heavy atom. The molecule has 1 unspecified atom stereocenters. The molecular weight excluding hydrogens is 292 g/mol. The number of anilines is 1. The van der Waals surface area contributed by atoms with E-state index in [1.54, 1.807) is 24.3 Å². The number of esters is 1. The van der Waals surface area contributed by atoms with Gasteiger partial charge in [-0.2, -0.15) is 0 Å². The lowest BCUT2D eigenvalue weighted by Crippen LogP contribution is -2.42. The van der Waals surface area contributed by atoms with Gasteiger partial charge < -0.3 is 10.1 Å². The van der Waals surface area contributed by atoms with Crippen molar-refractivity contribution in [2.45, 2.75) is 26.3 Å². The zero-order valence-electron chi connectivity index (χ0n) is 12.5. The number of ether oxygens (including phenoxy) is 1. The van der Waals surface area contributed by atoms with Crippen molar-refractivity contribution >= 4 is 29.2 Å². The molecule has 0 aliphatic carbocycles. The number of carbonyl (C=O) groups is 2. The molecule has 0 heterocycles. The smallest absolute Gasteiger partial charge is 0.322 e. The lowest BCUT2D eigenvalue weighted by atomic mass is 10.0. The first-order chi connectivity index (χ1) is 9.92. The topological polar surface area (TPSA) is 67.4 Å². The van der Waals surface area contributed by atoms with Gasteiger partial charge in [0.2, 0.25) is 5.91 Å². The summed E-state index contributed by atoms with van der Waals surface area (Å²) in [6.45, 7) is 4.05. The third kappa shape index (κ3) is 6.60. The number of hydrogen-bond donors (Lipinski definition) is 2. The highest BCUT2D eigenvalue weighted by atomic mass is 35.5. The molecule has 0 aliphatic rings. The summed E-state index contributed by atoms with van der Waals surface area (Å²) >= 11 is 5.77. The number of amides is 1. The number of benzene rings is 1. The Morgan fingerprint density at radius 3 is 2.38 bits per heavy atom. The number of halogens is 1. The highest BCUT2D eigenvalue weighted by Gasteiger charge is 2.20. The molecule has 6 heteroatoms. The predicted octanol–water partition coefficient (Wildman–Crippen LogP) is 2.46. The molecule has 1 amide bonds. The van der Waals surface area contributed by atoms with Crippen LogP contribution in [0.25, 0.3) is 0 Å². The van der Waals surface area contributed by atoms with Crippen LogP contribution in [0.15, 0.2) is 24.3 Å². The number of nitrogens with one attached hydrogen (secondary N) is 2. The molecule has 0 saturated heterocycles. The number of carbonyl (C=O) groups excluding carboxylic acids is 2. The Morgan fingerprint density at radius 2 is 1.86 bits per heavy atom. The summed E-state index contributed by atoms with van der Waals surface area (Å²) in [5.74, 6) is -0.265. The maximum Gasteiger partial charge on any atom is 0.322 e. The summed E-state index contributed by atoms with van der Waals surface area (Å²) < 4.78 is 4.73. The molecule has 0 bridgehead atoms. The van der Waals surface area contributed by atoms with Gasteiger partial charge in [-0.1, -0.05) is 25.4 Å². The maximum absolute atomic E-state index is 11.8. The molecule has 0 aromatic heterocycles. The first-order valence-electron chi connectivity index (χ1n) is 6.79. The molecule has 0 fully saturated rings. The molecule has 116 valence electrons. The predicted molar refractivity (Wildman–Crippen MR) is 83.3 cm³/mol. The van der Waals surface area contributed by atoms with E-state index in [0.717, 1.165) is 0 Å². The van der Waals surface area contributed by atoms with E-state index < -0.39 is 6.04 Å². The molecule has 1 atom stereocenters. The molecule has 1 rings (SSSR count). The fourth-order valence-electron chi connectivity index (χ4n) is 1.83. The van der Waals surface area contributed by atoms with Gasteiger partial charge in [0.25, 0.3) is 0 Å². The quantitative estimate of drug-likeness (QED) is 0.759. The van der Waals surface area contributed by atoms with Crippen molar-refractivity contribution in [1.29, 1.82) is 0 Å². The Balaban J connectivity index is 2.49. The van der Waals surface area contributed by atoms with E-state index in [4.69, 9.17) is 16.3 Å². The lowest BCUT2D eigenvalue weighted by Gasteiger charge is -2.18. The summed E-state index contributed by atoms with van der Waals surface area (Å²) in [5, 5.41) is 6.25. The van der Waals surface area contributed by atoms with Crippen LogP contribution >= 0.6 is 11.6 Å². The zero-order valence-corrected chi connectivity index (χ0v) is 13.2. The van der Waals surface area contributed by atoms with E-state index in [2.05, 4.69) is 10.6 Å². The average Bonchev–Trinajstić information content (AvgIpc) is 2.44. The third-order valence-electron chi connectivity index (χ3n) is 2.83. The molecule has 0 spiro atoms. The Kier molecular flexibility index (Phi) is 7.19. The van der Waals surface area contributed by atoms with Crippen molar-refractivity contribution in [2.75, 3.05) is 19.0 Å². The second-order valence-electron chi connectivity index (χ2n) is 5.14. The molecule has 5 nitrogen and oxygen atoms in total. The number of methoxy groups -OCH3 is 1. The molecule has 0 saturated carbocycles. The molecule has 0 aliphatic heterocycles. The molecule has 1 aromatic carbocycles. The van der Waals surface area contributed by atoms with Crippen molar-refractivity contribution < 1.29 is 14.3 Å². The summed E-state index contributed by atoms with van der Waals surface area (Å²) in [5.41, 5.74) is 0.657. The minimum Gasteiger partial charge on any atom is -0.468 e. The number of rotatable bonds is 7. The average molecular weight is 313 g/mol. The largest absolute Gasteiger partial charge is 0.468 e. The van der Waals surface area contributed by atoms with Crippen molar-refractivity contribution in [3.8, 4) is 0 Å². The highest BCUT2D eigenvalue weighted by molar-refractivity contribution is 6.30. The van der Waals surface area contributed by atoms with Crippen LogP contribution in [0.4, 0.5) is 5.69 Å². The first-order valence-corrected chi connectivity index (χ1v) is 7.16. The van der Waals surface area contributed by atoms with Gasteiger partial charge in [0.1, 0.15) is 6.04 Å². The normalized spacial score (nSPS) is 12.0. The van der Waals surface area contributed by atoms with Gasteiger partial charge >= 0.3 is 5.97 Å². The van der Waals surface area contributed by atoms with Crippen LogP contribution in [0.3, 0.4) is 0 Å². The fraction of sp³-hybridized carbons (Fsp3) is 0.467. The van der Waals surface area contributed by atoms with Gasteiger partial charge in [0, 0.05) is 10.7 Å². The van der Waals surface area contributed by atoms with Crippen LogP contribution in [-0.4, -0.2) is 31.6 Å². The second kappa shape index (κ2) is 8.64. The summed E-state index contributed by atoms with van der Waals surface area (Å²) in [6.07, 6.45) is 0.612. The number of hydrogen-bond acceptors (Lipinski definition) is 4. The van der Waals surface area contributed by atoms with Crippen molar-refractivity contribution in [1.82, 2.24) is 5.32 Å². The van der Waals surface area contributed by atoms with Crippen molar-refractivity contribution in [2.24, 2.45) is 5.92 Å². The fourth-order valence-corrected chi connectivity index (χ4v) is 1.96. The molecule has 0 radical (unpaired) electrons. The van der Waals surface area contributed by atoms with Crippen LogP contribution in [-0.2, 0) is 14.3 Å². The van der Waals surface area contributed by atoms with Gasteiger partial charge in [0.05, 0.1) is 13.7 Å². The maximum atomic E-state index is 11.8. The van der Waals surface area contributed by atoms with E-state index >= 15 is 0 Å². The first kappa shape index (κ1) is 17.5. The lowest BCUT2D eigenvalue weighted by molar-refractivity contribution is -0.143. The van der Waals surface area contributed by atoms with Gasteiger partial charge in [-0.05, 0) is 36.6 Å². The Hall–Kier alpha value is -1.59. The Labute approximate surface area is 130 Å². The van der Waals surface area contributed by atoms with Crippen LogP contribution in [0.5, 0.6) is 0 Å². The molecule has 2 N–H and O–H groups in total. The summed E-state index contributed by atoms with van der Waals surface area (Å²) in [4.78, 5) is 23.5. The van der Waals surface area contributed by atoms with Crippen molar-refractivity contribution in [3.05, 3.63) is 29.3 Å². The van der Waals surface area contributed by atoms with Gasteiger partial charge in [0.15, 0.2) is 0 Å². The van der Waals surface area contributed by atoms with E-state index in [1.807, 2.05) is 13.8 Å². The molecule has 21 heavy (non-hydrogen) atoms. The van der Waals surface area contributed by atoms with Crippen LogP contribution in [0.1, 0.15) is 20.3 Å². The second-order valence-corrected chi connectivity index (χ2v) is 5.58. The highest BCUT2D eigenvalue weighted by Crippen LogP contribution is 2.13. The molecule has 1 aromatic rings. The van der Waals surface area contributed by atoms with Gasteiger partial charge in [-0.25, -0.2) is 0 Å². The van der Waals surface area contributed by atoms with E-state index in [0.29, 0.717) is 23.0 Å². The van der Waals surface area contributed by atoms with Crippen LogP contribution in [0, 0.1) is 5.92 Å². The van der Waals surface area contributed by atoms with Gasteiger partial charge in [-0.15, -0.1) is 0 Å². The Bertz CT molecular complexity index is 474. The monoisotopic (exact) mass is 312 g/mol. The van der Waals surface area contributed by atoms with E-state index in [-0.39, 0.29) is 18.4 Å². The van der Waals surface area contributed by atoms with E-state index in [1.165, 1.54) is 7.11 Å².